The molecule has 0 aliphatic heterocycles. The van der Waals surface area contributed by atoms with Crippen LogP contribution in [0.2, 0.25) is 0 Å². The largest absolute Gasteiger partial charge is 0.497 e. The Morgan fingerprint density at radius 1 is 1.00 bits per heavy atom. The number of methoxy groups -OCH3 is 1. The van der Waals surface area contributed by atoms with Gasteiger partial charge in [-0.25, -0.2) is 8.78 Å². The van der Waals surface area contributed by atoms with E-state index in [0.29, 0.717) is 28.5 Å². The molecule has 210 valence electrons. The predicted octanol–water partition coefficient (Wildman–Crippen LogP) is 8.78. The fourth-order valence-corrected chi connectivity index (χ4v) is 5.80. The van der Waals surface area contributed by atoms with Crippen molar-refractivity contribution < 1.29 is 28.2 Å². The van der Waals surface area contributed by atoms with Crippen LogP contribution in [-0.2, 0) is 11.4 Å². The third-order valence-electron chi connectivity index (χ3n) is 8.25. The molecule has 6 heteroatoms. The molecule has 40 heavy (non-hydrogen) atoms. The van der Waals surface area contributed by atoms with E-state index in [1.54, 1.807) is 24.3 Å². The number of allylic oxidation sites excluding steroid dienone is 2. The zero-order chi connectivity index (χ0) is 28.4. The second-order valence-corrected chi connectivity index (χ2v) is 11.7. The van der Waals surface area contributed by atoms with E-state index >= 15 is 8.78 Å². The number of ether oxygens (including phenoxy) is 2. The molecule has 3 aromatic carbocycles. The number of carbonyl (C=O) groups is 1. The van der Waals surface area contributed by atoms with Crippen LogP contribution in [0.15, 0.2) is 60.7 Å². The van der Waals surface area contributed by atoms with Gasteiger partial charge in [-0.2, -0.15) is 0 Å². The van der Waals surface area contributed by atoms with E-state index in [4.69, 9.17) is 9.47 Å². The quantitative estimate of drug-likeness (QED) is 0.261. The lowest BCUT2D eigenvalue weighted by Gasteiger charge is -2.26. The van der Waals surface area contributed by atoms with Crippen molar-refractivity contribution in [3.05, 3.63) is 89.0 Å². The molecule has 1 N–H and O–H groups in total. The Morgan fingerprint density at radius 2 is 1.80 bits per heavy atom. The van der Waals surface area contributed by atoms with E-state index in [-0.39, 0.29) is 29.9 Å². The van der Waals surface area contributed by atoms with Crippen molar-refractivity contribution in [1.29, 1.82) is 0 Å². The molecule has 0 saturated heterocycles. The molecule has 2 aliphatic rings. The van der Waals surface area contributed by atoms with Crippen molar-refractivity contribution in [3.8, 4) is 22.6 Å². The van der Waals surface area contributed by atoms with Gasteiger partial charge in [0.15, 0.2) is 0 Å². The number of halogens is 2. The Balaban J connectivity index is 1.46. The minimum atomic E-state index is -0.816. The number of carboxylic acid groups (broad SMARTS) is 1. The van der Waals surface area contributed by atoms with Crippen molar-refractivity contribution in [2.45, 2.75) is 64.9 Å². The van der Waals surface area contributed by atoms with Gasteiger partial charge in [-0.15, -0.1) is 0 Å². The molecule has 4 nitrogen and oxygen atoms in total. The first-order chi connectivity index (χ1) is 19.1. The van der Waals surface area contributed by atoms with Crippen molar-refractivity contribution in [2.75, 3.05) is 7.11 Å². The maximum absolute atomic E-state index is 15.6. The zero-order valence-electron chi connectivity index (χ0n) is 23.3. The summed E-state index contributed by atoms with van der Waals surface area (Å²) >= 11 is 0. The molecular weight excluding hydrogens is 510 g/mol. The van der Waals surface area contributed by atoms with E-state index in [1.165, 1.54) is 19.2 Å². The molecule has 1 unspecified atom stereocenters. The molecule has 1 fully saturated rings. The van der Waals surface area contributed by atoms with Gasteiger partial charge in [-0.1, -0.05) is 44.9 Å². The van der Waals surface area contributed by atoms with Crippen molar-refractivity contribution in [1.82, 2.24) is 0 Å². The normalized spacial score (nSPS) is 16.9. The van der Waals surface area contributed by atoms with Crippen LogP contribution in [0.4, 0.5) is 8.78 Å². The van der Waals surface area contributed by atoms with Gasteiger partial charge < -0.3 is 14.6 Å². The molecule has 0 amide bonds. The molecule has 2 aliphatic carbocycles. The summed E-state index contributed by atoms with van der Waals surface area (Å²) in [4.78, 5) is 11.5. The monoisotopic (exact) mass is 546 g/mol. The highest BCUT2D eigenvalue weighted by molar-refractivity contribution is 5.85. The Hall–Kier alpha value is -3.67. The third kappa shape index (κ3) is 6.22. The fraction of sp³-hybridized carbons (Fsp3) is 0.382. The average Bonchev–Trinajstić information content (AvgIpc) is 3.67. The van der Waals surface area contributed by atoms with Crippen LogP contribution in [0.1, 0.15) is 75.0 Å². The molecule has 1 atom stereocenters. The van der Waals surface area contributed by atoms with Gasteiger partial charge in [0.25, 0.3) is 0 Å². The van der Waals surface area contributed by atoms with E-state index in [1.807, 2.05) is 18.2 Å². The van der Waals surface area contributed by atoms with Crippen LogP contribution >= 0.6 is 0 Å². The van der Waals surface area contributed by atoms with Crippen molar-refractivity contribution in [2.24, 2.45) is 11.3 Å². The smallest absolute Gasteiger partial charge is 0.303 e. The maximum atomic E-state index is 15.6. The standard InChI is InChI=1S/C34H36F2O4/c1-34(2)13-5-8-30(34)28-16-24(32(36)19-27(28)29-18-25(39-3)11-12-31(29)35)20-40-26-7-4-6-22(15-26)23(17-33(37)38)14-21-9-10-21/h4,6-8,11-12,15-16,18-19,21,23H,5,9-10,13-14,17,20H2,1-3H3,(H,37,38). The summed E-state index contributed by atoms with van der Waals surface area (Å²) in [5, 5.41) is 9.43. The summed E-state index contributed by atoms with van der Waals surface area (Å²) in [6, 6.07) is 15.2. The summed E-state index contributed by atoms with van der Waals surface area (Å²) in [6.45, 7) is 4.29. The molecule has 0 radical (unpaired) electrons. The van der Waals surface area contributed by atoms with Crippen molar-refractivity contribution in [3.63, 3.8) is 0 Å². The first-order valence-electron chi connectivity index (χ1n) is 14.0. The molecule has 0 bridgehead atoms. The Labute approximate surface area is 234 Å². The van der Waals surface area contributed by atoms with Crippen LogP contribution in [-0.4, -0.2) is 18.2 Å². The fourth-order valence-electron chi connectivity index (χ4n) is 5.80. The zero-order valence-corrected chi connectivity index (χ0v) is 23.3. The Morgan fingerprint density at radius 3 is 2.48 bits per heavy atom. The predicted molar refractivity (Wildman–Crippen MR) is 152 cm³/mol. The molecule has 1 saturated carbocycles. The SMILES string of the molecule is COc1ccc(F)c(-c2cc(F)c(COc3cccc(C(CC(=O)O)CC4CC4)c3)cc2C2=CCCC2(C)C)c1. The Bertz CT molecular complexity index is 1440. The molecular formula is C34H36F2O4. The number of benzene rings is 3. The number of hydrogen-bond donors (Lipinski definition) is 1. The second-order valence-electron chi connectivity index (χ2n) is 11.7. The number of carboxylic acids is 1. The summed E-state index contributed by atoms with van der Waals surface area (Å²) in [6.07, 6.45) is 7.23. The van der Waals surface area contributed by atoms with Crippen LogP contribution in [0.3, 0.4) is 0 Å². The summed E-state index contributed by atoms with van der Waals surface area (Å²) in [7, 11) is 1.52. The molecule has 5 rings (SSSR count). The topological polar surface area (TPSA) is 55.8 Å². The average molecular weight is 547 g/mol. The van der Waals surface area contributed by atoms with Gasteiger partial charge in [-0.05, 0) is 101 Å². The van der Waals surface area contributed by atoms with Gasteiger partial charge in [-0.3, -0.25) is 4.79 Å². The van der Waals surface area contributed by atoms with Gasteiger partial charge in [0, 0.05) is 11.1 Å². The first-order valence-corrected chi connectivity index (χ1v) is 14.0. The van der Waals surface area contributed by atoms with E-state index < -0.39 is 17.6 Å². The van der Waals surface area contributed by atoms with Gasteiger partial charge in [0.05, 0.1) is 13.5 Å². The lowest BCUT2D eigenvalue weighted by atomic mass is 9.79. The van der Waals surface area contributed by atoms with Gasteiger partial charge in [0.2, 0.25) is 0 Å². The lowest BCUT2D eigenvalue weighted by Crippen LogP contribution is -2.11. The highest BCUT2D eigenvalue weighted by atomic mass is 19.1. The molecule has 0 heterocycles. The van der Waals surface area contributed by atoms with Crippen molar-refractivity contribution >= 4 is 11.5 Å². The summed E-state index contributed by atoms with van der Waals surface area (Å²) in [5.74, 6) is -0.172. The summed E-state index contributed by atoms with van der Waals surface area (Å²) < 4.78 is 42.0. The minimum absolute atomic E-state index is 0.0108. The van der Waals surface area contributed by atoms with E-state index in [2.05, 4.69) is 19.9 Å². The maximum Gasteiger partial charge on any atom is 0.303 e. The lowest BCUT2D eigenvalue weighted by molar-refractivity contribution is -0.137. The highest BCUT2D eigenvalue weighted by Crippen LogP contribution is 2.48. The van der Waals surface area contributed by atoms with Crippen LogP contribution in [0, 0.1) is 23.0 Å². The minimum Gasteiger partial charge on any atom is -0.497 e. The molecule has 0 spiro atoms. The van der Waals surface area contributed by atoms with Gasteiger partial charge in [0.1, 0.15) is 29.7 Å². The van der Waals surface area contributed by atoms with Crippen LogP contribution in [0.25, 0.3) is 16.7 Å². The van der Waals surface area contributed by atoms with Gasteiger partial charge >= 0.3 is 5.97 Å². The first kappa shape index (κ1) is 27.9. The summed E-state index contributed by atoms with van der Waals surface area (Å²) in [5.41, 5.74) is 3.77. The third-order valence-corrected chi connectivity index (χ3v) is 8.25. The molecule has 0 aromatic heterocycles. The Kier molecular flexibility index (Phi) is 7.97. The van der Waals surface area contributed by atoms with E-state index in [0.717, 1.165) is 48.8 Å². The van der Waals surface area contributed by atoms with E-state index in [9.17, 15) is 9.90 Å². The number of hydrogen-bond acceptors (Lipinski definition) is 3. The highest BCUT2D eigenvalue weighted by Gasteiger charge is 2.31. The number of rotatable bonds is 11. The van der Waals surface area contributed by atoms with Crippen LogP contribution in [0.5, 0.6) is 11.5 Å². The molecule has 3 aromatic rings. The second kappa shape index (κ2) is 11.4. The number of aliphatic carboxylic acids is 1. The van der Waals surface area contributed by atoms with Crippen LogP contribution < -0.4 is 9.47 Å².